The third-order valence-electron chi connectivity index (χ3n) is 4.38. The Morgan fingerprint density at radius 3 is 1.67 bits per heavy atom. The minimum atomic E-state index is -5.10. The van der Waals surface area contributed by atoms with Crippen molar-refractivity contribution in [3.05, 3.63) is 99.6 Å². The predicted molar refractivity (Wildman–Crippen MR) is 109 cm³/mol. The Balaban J connectivity index is 2.02. The summed E-state index contributed by atoms with van der Waals surface area (Å²) in [5.74, 6) is -1.33. The van der Waals surface area contributed by atoms with Crippen molar-refractivity contribution in [3.63, 3.8) is 0 Å². The summed E-state index contributed by atoms with van der Waals surface area (Å²) < 4.78 is 78.4. The molecule has 0 aliphatic heterocycles. The molecular formula is C22H13ClF6N2O2. The molecule has 11 heteroatoms. The number of aromatic hydroxyl groups is 1. The van der Waals surface area contributed by atoms with Crippen LogP contribution in [0.25, 0.3) is 0 Å². The van der Waals surface area contributed by atoms with Crippen LogP contribution in [0.4, 0.5) is 26.3 Å². The molecule has 3 aromatic carbocycles. The lowest BCUT2D eigenvalue weighted by Crippen LogP contribution is -2.22. The number of nitrogens with one attached hydrogen (secondary N) is 1. The molecule has 0 heterocycles. The van der Waals surface area contributed by atoms with Crippen molar-refractivity contribution < 1.29 is 36.2 Å². The Bertz CT molecular complexity index is 1110. The van der Waals surface area contributed by atoms with Gasteiger partial charge in [-0.25, -0.2) is 5.43 Å². The van der Waals surface area contributed by atoms with Gasteiger partial charge in [0.1, 0.15) is 5.75 Å². The molecule has 0 saturated carbocycles. The summed E-state index contributed by atoms with van der Waals surface area (Å²) in [5.41, 5.74) is -1.15. The molecule has 0 fully saturated rings. The van der Waals surface area contributed by atoms with Gasteiger partial charge in [0.25, 0.3) is 5.91 Å². The van der Waals surface area contributed by atoms with Crippen LogP contribution in [0.15, 0.2) is 71.8 Å². The zero-order valence-corrected chi connectivity index (χ0v) is 17.1. The van der Waals surface area contributed by atoms with E-state index in [0.29, 0.717) is 28.3 Å². The fourth-order valence-electron chi connectivity index (χ4n) is 2.78. The maximum absolute atomic E-state index is 13.1. The molecule has 0 radical (unpaired) electrons. The van der Waals surface area contributed by atoms with Gasteiger partial charge in [-0.3, -0.25) is 4.79 Å². The topological polar surface area (TPSA) is 61.7 Å². The van der Waals surface area contributed by atoms with Crippen LogP contribution in [0.2, 0.25) is 5.02 Å². The second-order valence-corrected chi connectivity index (χ2v) is 7.19. The number of amides is 1. The molecule has 172 valence electrons. The average Bonchev–Trinajstić information content (AvgIpc) is 2.74. The standard InChI is InChI=1S/C22H13ClF6N2O2/c23-17-5-1-12(2-6-17)19(13-3-7-18(32)8-4-13)30-31-20(33)14-9-15(21(24,25)26)11-16(10-14)22(27,28)29/h1-11,32H,(H,31,33)/b30-19+. The summed E-state index contributed by atoms with van der Waals surface area (Å²) in [7, 11) is 0. The summed E-state index contributed by atoms with van der Waals surface area (Å²) in [6.07, 6.45) is -10.2. The van der Waals surface area contributed by atoms with Gasteiger partial charge in [-0.2, -0.15) is 31.4 Å². The maximum atomic E-state index is 13.1. The number of hydrogen-bond donors (Lipinski definition) is 2. The van der Waals surface area contributed by atoms with Crippen LogP contribution >= 0.6 is 11.6 Å². The van der Waals surface area contributed by atoms with E-state index in [0.717, 1.165) is 0 Å². The Morgan fingerprint density at radius 1 is 0.758 bits per heavy atom. The fourth-order valence-corrected chi connectivity index (χ4v) is 2.91. The molecular weight excluding hydrogens is 474 g/mol. The Hall–Kier alpha value is -3.53. The molecule has 0 unspecified atom stereocenters. The van der Waals surface area contributed by atoms with Crippen molar-refractivity contribution in [2.75, 3.05) is 0 Å². The highest BCUT2D eigenvalue weighted by atomic mass is 35.5. The monoisotopic (exact) mass is 486 g/mol. The summed E-state index contributed by atoms with van der Waals surface area (Å²) in [4.78, 5) is 12.5. The third kappa shape index (κ3) is 6.04. The molecule has 0 saturated heterocycles. The number of hydrogen-bond acceptors (Lipinski definition) is 3. The van der Waals surface area contributed by atoms with Gasteiger partial charge in [0.2, 0.25) is 0 Å². The zero-order valence-electron chi connectivity index (χ0n) is 16.3. The van der Waals surface area contributed by atoms with Crippen LogP contribution in [0, 0.1) is 0 Å². The van der Waals surface area contributed by atoms with E-state index in [9.17, 15) is 36.2 Å². The first-order valence-electron chi connectivity index (χ1n) is 9.07. The van der Waals surface area contributed by atoms with Gasteiger partial charge in [0.05, 0.1) is 16.8 Å². The number of carbonyl (C=O) groups is 1. The Morgan fingerprint density at radius 2 is 1.21 bits per heavy atom. The molecule has 0 bridgehead atoms. The number of carbonyl (C=O) groups excluding carboxylic acids is 1. The van der Waals surface area contributed by atoms with Crippen LogP contribution in [0.5, 0.6) is 5.75 Å². The quantitative estimate of drug-likeness (QED) is 0.259. The number of nitrogens with zero attached hydrogens (tertiary/aromatic N) is 1. The normalized spacial score (nSPS) is 12.5. The summed E-state index contributed by atoms with van der Waals surface area (Å²) in [6, 6.07) is 12.3. The van der Waals surface area contributed by atoms with Crippen molar-refractivity contribution in [2.45, 2.75) is 12.4 Å². The largest absolute Gasteiger partial charge is 0.508 e. The van der Waals surface area contributed by atoms with Gasteiger partial charge in [-0.05, 0) is 54.6 Å². The summed E-state index contributed by atoms with van der Waals surface area (Å²) in [6.45, 7) is 0. The molecule has 3 aromatic rings. The van der Waals surface area contributed by atoms with Crippen molar-refractivity contribution in [2.24, 2.45) is 5.10 Å². The molecule has 0 aromatic heterocycles. The van der Waals surface area contributed by atoms with Gasteiger partial charge < -0.3 is 5.11 Å². The number of phenols is 1. The van der Waals surface area contributed by atoms with Gasteiger partial charge >= 0.3 is 12.4 Å². The molecule has 0 aliphatic rings. The number of alkyl halides is 6. The van der Waals surface area contributed by atoms with E-state index in [-0.39, 0.29) is 17.5 Å². The molecule has 33 heavy (non-hydrogen) atoms. The second kappa shape index (κ2) is 9.14. The van der Waals surface area contributed by atoms with Crippen LogP contribution < -0.4 is 5.43 Å². The van der Waals surface area contributed by atoms with Crippen LogP contribution in [-0.4, -0.2) is 16.7 Å². The van der Waals surface area contributed by atoms with Crippen LogP contribution in [0.1, 0.15) is 32.6 Å². The molecule has 0 aliphatic carbocycles. The van der Waals surface area contributed by atoms with E-state index < -0.39 is 35.0 Å². The number of hydrazone groups is 1. The van der Waals surface area contributed by atoms with E-state index in [4.69, 9.17) is 11.6 Å². The fraction of sp³-hybridized carbons (Fsp3) is 0.0909. The zero-order chi connectivity index (χ0) is 24.4. The number of rotatable bonds is 4. The first-order valence-corrected chi connectivity index (χ1v) is 9.45. The molecule has 2 N–H and O–H groups in total. The lowest BCUT2D eigenvalue weighted by atomic mass is 10.0. The highest BCUT2D eigenvalue weighted by Crippen LogP contribution is 2.36. The number of benzene rings is 3. The maximum Gasteiger partial charge on any atom is 0.416 e. The van der Waals surface area contributed by atoms with Crippen LogP contribution in [-0.2, 0) is 12.4 Å². The van der Waals surface area contributed by atoms with Crippen molar-refractivity contribution in [1.29, 1.82) is 0 Å². The first kappa shape index (κ1) is 24.1. The minimum Gasteiger partial charge on any atom is -0.508 e. The van der Waals surface area contributed by atoms with Gasteiger partial charge in [-0.15, -0.1) is 0 Å². The Labute approximate surface area is 188 Å². The number of phenolic OH excluding ortho intramolecular Hbond substituents is 1. The SMILES string of the molecule is O=C(N/N=C(/c1ccc(O)cc1)c1ccc(Cl)cc1)c1cc(C(F)(F)F)cc(C(F)(F)F)c1. The van der Waals surface area contributed by atoms with Gasteiger partial charge in [0, 0.05) is 21.7 Å². The lowest BCUT2D eigenvalue weighted by Gasteiger charge is -2.14. The van der Waals surface area contributed by atoms with Crippen molar-refractivity contribution >= 4 is 23.2 Å². The average molecular weight is 487 g/mol. The van der Waals surface area contributed by atoms with E-state index in [1.54, 1.807) is 12.1 Å². The third-order valence-corrected chi connectivity index (χ3v) is 4.63. The molecule has 1 amide bonds. The van der Waals surface area contributed by atoms with E-state index in [1.165, 1.54) is 36.4 Å². The van der Waals surface area contributed by atoms with Gasteiger partial charge in [0.15, 0.2) is 0 Å². The minimum absolute atomic E-state index is 0.0538. The van der Waals surface area contributed by atoms with Gasteiger partial charge in [-0.1, -0.05) is 23.7 Å². The lowest BCUT2D eigenvalue weighted by molar-refractivity contribution is -0.143. The van der Waals surface area contributed by atoms with E-state index in [1.807, 2.05) is 5.43 Å². The molecule has 3 rings (SSSR count). The first-order chi connectivity index (χ1) is 15.3. The predicted octanol–water partition coefficient (Wildman–Crippen LogP) is 6.27. The molecule has 4 nitrogen and oxygen atoms in total. The highest BCUT2D eigenvalue weighted by Gasteiger charge is 2.37. The number of halogens is 7. The Kier molecular flexibility index (Phi) is 6.68. The molecule has 0 atom stereocenters. The summed E-state index contributed by atoms with van der Waals surface area (Å²) >= 11 is 5.87. The van der Waals surface area contributed by atoms with Crippen LogP contribution in [0.3, 0.4) is 0 Å². The van der Waals surface area contributed by atoms with E-state index in [2.05, 4.69) is 5.10 Å². The molecule has 0 spiro atoms. The highest BCUT2D eigenvalue weighted by molar-refractivity contribution is 6.30. The smallest absolute Gasteiger partial charge is 0.416 e. The van der Waals surface area contributed by atoms with E-state index >= 15 is 0 Å². The summed E-state index contributed by atoms with van der Waals surface area (Å²) in [5, 5.41) is 13.8. The van der Waals surface area contributed by atoms with Crippen molar-refractivity contribution in [1.82, 2.24) is 5.43 Å². The second-order valence-electron chi connectivity index (χ2n) is 6.75. The van der Waals surface area contributed by atoms with Crippen molar-refractivity contribution in [3.8, 4) is 5.75 Å².